The van der Waals surface area contributed by atoms with Crippen LogP contribution < -0.4 is 0 Å². The first-order chi connectivity index (χ1) is 15.7. The molecule has 0 amide bonds. The number of rotatable bonds is 4. The van der Waals surface area contributed by atoms with E-state index < -0.39 is 0 Å². The van der Waals surface area contributed by atoms with Crippen molar-refractivity contribution in [3.8, 4) is 45.0 Å². The summed E-state index contributed by atoms with van der Waals surface area (Å²) in [6.45, 7) is 2.11. The molecule has 0 bridgehead atoms. The fourth-order valence-electron chi connectivity index (χ4n) is 3.75. The highest BCUT2D eigenvalue weighted by Crippen LogP contribution is 2.31. The van der Waals surface area contributed by atoms with Gasteiger partial charge >= 0.3 is 0 Å². The first-order valence-corrected chi connectivity index (χ1v) is 11.2. The van der Waals surface area contributed by atoms with Gasteiger partial charge in [-0.2, -0.15) is 0 Å². The van der Waals surface area contributed by atoms with Gasteiger partial charge in [-0.3, -0.25) is 9.97 Å². The average Bonchev–Trinajstić information content (AvgIpc) is 2.84. The fourth-order valence-corrected chi connectivity index (χ4v) is 4.35. The minimum Gasteiger partial charge on any atom is -0.255 e. The molecule has 4 heteroatoms. The largest absolute Gasteiger partial charge is 0.255 e. The molecule has 0 atom stereocenters. The van der Waals surface area contributed by atoms with Gasteiger partial charge in [-0.25, -0.2) is 4.98 Å². The molecule has 0 aliphatic heterocycles. The molecule has 0 fully saturated rings. The molecule has 3 aromatic heterocycles. The quantitative estimate of drug-likeness (QED) is 0.267. The second-order valence-electron chi connectivity index (χ2n) is 7.65. The lowest BCUT2D eigenvalue weighted by Gasteiger charge is -2.10. The lowest BCUT2D eigenvalue weighted by molar-refractivity contribution is 1.22. The Labute approximate surface area is 196 Å². The van der Waals surface area contributed by atoms with Crippen LogP contribution in [-0.4, -0.2) is 15.0 Å². The molecule has 0 N–H and O–H groups in total. The maximum absolute atomic E-state index is 4.85. The molecule has 5 rings (SSSR count). The number of nitrogens with zero attached hydrogens (tertiary/aromatic N) is 3. The first kappa shape index (κ1) is 20.3. The van der Waals surface area contributed by atoms with Crippen molar-refractivity contribution in [3.63, 3.8) is 0 Å². The maximum Gasteiger partial charge on any atom is 0.0900 e. The molecule has 3 heterocycles. The highest BCUT2D eigenvalue weighted by Gasteiger charge is 2.10. The topological polar surface area (TPSA) is 38.7 Å². The standard InChI is InChI=1S/C28H20BrN3/c1-19-14-22(16-24(29)15-19)20-8-10-21(11-9-20)23-17-27(25-6-2-4-12-30-25)32-28(18-23)26-7-3-5-13-31-26/h2-18H,1H3. The number of benzene rings is 2. The van der Waals surface area contributed by atoms with E-state index in [0.717, 1.165) is 38.4 Å². The van der Waals surface area contributed by atoms with Crippen LogP contribution in [0.5, 0.6) is 0 Å². The molecule has 0 spiro atoms. The molecule has 154 valence electrons. The first-order valence-electron chi connectivity index (χ1n) is 10.4. The van der Waals surface area contributed by atoms with E-state index in [-0.39, 0.29) is 0 Å². The van der Waals surface area contributed by atoms with Gasteiger partial charge in [-0.05, 0) is 83.3 Å². The van der Waals surface area contributed by atoms with E-state index in [9.17, 15) is 0 Å². The van der Waals surface area contributed by atoms with Crippen LogP contribution in [0.3, 0.4) is 0 Å². The molecule has 0 aliphatic rings. The number of hydrogen-bond acceptors (Lipinski definition) is 3. The van der Waals surface area contributed by atoms with Gasteiger partial charge in [0.05, 0.1) is 22.8 Å². The number of aromatic nitrogens is 3. The van der Waals surface area contributed by atoms with E-state index >= 15 is 0 Å². The molecular weight excluding hydrogens is 458 g/mol. The Hall–Kier alpha value is -3.63. The Bertz CT molecular complexity index is 1290. The smallest absolute Gasteiger partial charge is 0.0900 e. The molecule has 0 saturated heterocycles. The maximum atomic E-state index is 4.85. The van der Waals surface area contributed by atoms with Gasteiger partial charge in [0.15, 0.2) is 0 Å². The van der Waals surface area contributed by atoms with Crippen molar-refractivity contribution in [1.29, 1.82) is 0 Å². The fraction of sp³-hybridized carbons (Fsp3) is 0.0357. The number of pyridine rings is 3. The van der Waals surface area contributed by atoms with Crippen LogP contribution in [0.25, 0.3) is 45.0 Å². The van der Waals surface area contributed by atoms with Crippen LogP contribution in [-0.2, 0) is 0 Å². The van der Waals surface area contributed by atoms with Crippen LogP contribution in [0.4, 0.5) is 0 Å². The third-order valence-electron chi connectivity index (χ3n) is 5.27. The van der Waals surface area contributed by atoms with E-state index in [2.05, 4.69) is 87.4 Å². The Morgan fingerprint density at radius 3 is 1.53 bits per heavy atom. The van der Waals surface area contributed by atoms with Gasteiger partial charge in [0, 0.05) is 16.9 Å². The van der Waals surface area contributed by atoms with Crippen LogP contribution in [0, 0.1) is 6.92 Å². The summed E-state index contributed by atoms with van der Waals surface area (Å²) in [5.41, 5.74) is 9.15. The molecule has 32 heavy (non-hydrogen) atoms. The Morgan fingerprint density at radius 2 is 1.06 bits per heavy atom. The predicted molar refractivity (Wildman–Crippen MR) is 134 cm³/mol. The Kier molecular flexibility index (Phi) is 5.61. The van der Waals surface area contributed by atoms with Crippen LogP contribution in [0.15, 0.2) is 108 Å². The minimum absolute atomic E-state index is 0.829. The zero-order valence-corrected chi connectivity index (χ0v) is 19.1. The summed E-state index contributed by atoms with van der Waals surface area (Å²) in [5, 5.41) is 0. The summed E-state index contributed by atoms with van der Waals surface area (Å²) in [5.74, 6) is 0. The summed E-state index contributed by atoms with van der Waals surface area (Å²) in [7, 11) is 0. The summed E-state index contributed by atoms with van der Waals surface area (Å²) in [6, 6.07) is 31.0. The SMILES string of the molecule is Cc1cc(Br)cc(-c2ccc(-c3cc(-c4ccccn4)nc(-c4ccccn4)c3)cc2)c1. The second-order valence-corrected chi connectivity index (χ2v) is 8.57. The molecule has 0 unspecified atom stereocenters. The van der Waals surface area contributed by atoms with Gasteiger partial charge in [0.2, 0.25) is 0 Å². The van der Waals surface area contributed by atoms with E-state index in [4.69, 9.17) is 4.98 Å². The van der Waals surface area contributed by atoms with Crippen LogP contribution in [0.2, 0.25) is 0 Å². The van der Waals surface area contributed by atoms with Gasteiger partial charge in [-0.1, -0.05) is 58.4 Å². The van der Waals surface area contributed by atoms with Crippen molar-refractivity contribution in [2.24, 2.45) is 0 Å². The molecule has 0 aliphatic carbocycles. The highest BCUT2D eigenvalue weighted by atomic mass is 79.9. The summed E-state index contributed by atoms with van der Waals surface area (Å²) in [4.78, 5) is 13.9. The van der Waals surface area contributed by atoms with Crippen LogP contribution >= 0.6 is 15.9 Å². The lowest BCUT2D eigenvalue weighted by Crippen LogP contribution is -1.94. The summed E-state index contributed by atoms with van der Waals surface area (Å²) < 4.78 is 1.09. The summed E-state index contributed by atoms with van der Waals surface area (Å²) >= 11 is 3.60. The van der Waals surface area contributed by atoms with Crippen LogP contribution in [0.1, 0.15) is 5.56 Å². The van der Waals surface area contributed by atoms with Crippen molar-refractivity contribution < 1.29 is 0 Å². The summed E-state index contributed by atoms with van der Waals surface area (Å²) in [6.07, 6.45) is 3.58. The number of halogens is 1. The van der Waals surface area contributed by atoms with E-state index in [1.165, 1.54) is 16.7 Å². The Balaban J connectivity index is 1.59. The van der Waals surface area contributed by atoms with E-state index in [0.29, 0.717) is 0 Å². The van der Waals surface area contributed by atoms with Crippen molar-refractivity contribution >= 4 is 15.9 Å². The lowest BCUT2D eigenvalue weighted by atomic mass is 9.98. The van der Waals surface area contributed by atoms with Gasteiger partial charge in [-0.15, -0.1) is 0 Å². The Morgan fingerprint density at radius 1 is 0.531 bits per heavy atom. The predicted octanol–water partition coefficient (Wildman–Crippen LogP) is 7.61. The average molecular weight is 478 g/mol. The third-order valence-corrected chi connectivity index (χ3v) is 5.73. The van der Waals surface area contributed by atoms with Crippen molar-refractivity contribution in [1.82, 2.24) is 15.0 Å². The van der Waals surface area contributed by atoms with Gasteiger partial charge in [0.25, 0.3) is 0 Å². The molecular formula is C28H20BrN3. The monoisotopic (exact) mass is 477 g/mol. The third kappa shape index (κ3) is 4.36. The minimum atomic E-state index is 0.829. The molecule has 0 radical (unpaired) electrons. The number of aryl methyl sites for hydroxylation is 1. The second kappa shape index (κ2) is 8.85. The van der Waals surface area contributed by atoms with Gasteiger partial charge in [0.1, 0.15) is 0 Å². The van der Waals surface area contributed by atoms with Crippen molar-refractivity contribution in [3.05, 3.63) is 113 Å². The van der Waals surface area contributed by atoms with Gasteiger partial charge < -0.3 is 0 Å². The molecule has 3 nitrogen and oxygen atoms in total. The highest BCUT2D eigenvalue weighted by molar-refractivity contribution is 9.10. The molecule has 5 aromatic rings. The molecule has 2 aromatic carbocycles. The van der Waals surface area contributed by atoms with E-state index in [1.54, 1.807) is 12.4 Å². The zero-order chi connectivity index (χ0) is 21.9. The van der Waals surface area contributed by atoms with Crippen molar-refractivity contribution in [2.75, 3.05) is 0 Å². The normalized spacial score (nSPS) is 10.8. The number of hydrogen-bond donors (Lipinski definition) is 0. The van der Waals surface area contributed by atoms with Crippen molar-refractivity contribution in [2.45, 2.75) is 6.92 Å². The molecule has 0 saturated carbocycles. The zero-order valence-electron chi connectivity index (χ0n) is 17.5. The van der Waals surface area contributed by atoms with E-state index in [1.807, 2.05) is 36.4 Å².